The summed E-state index contributed by atoms with van der Waals surface area (Å²) in [5, 5.41) is 7.31. The van der Waals surface area contributed by atoms with E-state index in [9.17, 15) is 12.8 Å². The molecule has 31 heavy (non-hydrogen) atoms. The summed E-state index contributed by atoms with van der Waals surface area (Å²) in [4.78, 5) is 4.93. The third-order valence-corrected chi connectivity index (χ3v) is 7.67. The minimum Gasteiger partial charge on any atom is -0.355 e. The summed E-state index contributed by atoms with van der Waals surface area (Å²) < 4.78 is 43.0. The number of pyridine rings is 1. The number of benzene rings is 1. The summed E-state index contributed by atoms with van der Waals surface area (Å²) in [5.41, 5.74) is 3.73. The zero-order valence-corrected chi connectivity index (χ0v) is 18.7. The summed E-state index contributed by atoms with van der Waals surface area (Å²) >= 11 is 0. The molecular weight excluding hydrogens is 417 g/mol. The van der Waals surface area contributed by atoms with Crippen molar-refractivity contribution in [3.63, 3.8) is 0 Å². The Bertz CT molecular complexity index is 1210. The number of anilines is 2. The molecule has 1 N–H and O–H groups in total. The summed E-state index contributed by atoms with van der Waals surface area (Å²) in [6, 6.07) is 10.1. The first-order valence-electron chi connectivity index (χ1n) is 10.2. The van der Waals surface area contributed by atoms with E-state index in [1.807, 2.05) is 19.1 Å². The molecule has 3 heterocycles. The molecule has 0 aliphatic carbocycles. The van der Waals surface area contributed by atoms with Crippen molar-refractivity contribution in [2.45, 2.75) is 37.5 Å². The molecule has 0 unspecified atom stereocenters. The van der Waals surface area contributed by atoms with Crippen LogP contribution >= 0.6 is 0 Å². The van der Waals surface area contributed by atoms with E-state index >= 15 is 0 Å². The zero-order valence-electron chi connectivity index (χ0n) is 17.8. The molecule has 0 amide bonds. The third-order valence-electron chi connectivity index (χ3n) is 5.70. The molecule has 1 saturated heterocycles. The van der Waals surface area contributed by atoms with Crippen LogP contribution in [0, 0.1) is 19.7 Å². The Labute approximate surface area is 182 Å². The van der Waals surface area contributed by atoms with Crippen molar-refractivity contribution in [1.29, 1.82) is 0 Å². The summed E-state index contributed by atoms with van der Waals surface area (Å²) in [6.07, 6.45) is 3.03. The van der Waals surface area contributed by atoms with Crippen LogP contribution in [-0.2, 0) is 17.1 Å². The predicted octanol–water partition coefficient (Wildman–Crippen LogP) is 3.88. The fourth-order valence-corrected chi connectivity index (χ4v) is 5.69. The van der Waals surface area contributed by atoms with Gasteiger partial charge in [-0.05, 0) is 57.0 Å². The number of halogens is 1. The highest BCUT2D eigenvalue weighted by Crippen LogP contribution is 2.32. The fourth-order valence-electron chi connectivity index (χ4n) is 3.98. The first kappa shape index (κ1) is 21.5. The molecule has 0 radical (unpaired) electrons. The second-order valence-corrected chi connectivity index (χ2v) is 9.88. The van der Waals surface area contributed by atoms with Gasteiger partial charge in [0.05, 0.1) is 11.9 Å². The molecule has 4 rings (SSSR count). The van der Waals surface area contributed by atoms with Gasteiger partial charge in [-0.2, -0.15) is 9.40 Å². The van der Waals surface area contributed by atoms with Gasteiger partial charge in [0, 0.05) is 48.8 Å². The third kappa shape index (κ3) is 4.47. The van der Waals surface area contributed by atoms with Crippen molar-refractivity contribution < 1.29 is 12.8 Å². The van der Waals surface area contributed by atoms with Gasteiger partial charge in [0.15, 0.2) is 0 Å². The largest absolute Gasteiger partial charge is 0.355 e. The van der Waals surface area contributed by atoms with E-state index in [4.69, 9.17) is 0 Å². The number of hydrogen-bond acceptors (Lipinski definition) is 5. The number of nitrogens with one attached hydrogen (secondary N) is 1. The molecule has 0 saturated carbocycles. The lowest BCUT2D eigenvalue weighted by molar-refractivity contribution is 0.312. The van der Waals surface area contributed by atoms with Gasteiger partial charge in [0.2, 0.25) is 10.0 Å². The second-order valence-electron chi connectivity index (χ2n) is 7.98. The van der Waals surface area contributed by atoms with E-state index in [1.165, 1.54) is 22.6 Å². The maximum absolute atomic E-state index is 13.5. The second kappa shape index (κ2) is 8.39. The molecule has 1 fully saturated rings. The molecule has 2 aromatic heterocycles. The first-order chi connectivity index (χ1) is 14.7. The fraction of sp³-hybridized carbons (Fsp3) is 0.364. The van der Waals surface area contributed by atoms with Gasteiger partial charge in [-0.1, -0.05) is 6.07 Å². The molecule has 1 atom stereocenters. The van der Waals surface area contributed by atoms with E-state index in [0.29, 0.717) is 24.5 Å². The molecule has 7 nitrogen and oxygen atoms in total. The highest BCUT2D eigenvalue weighted by atomic mass is 32.2. The maximum Gasteiger partial charge on any atom is 0.246 e. The van der Waals surface area contributed by atoms with Crippen LogP contribution in [0.2, 0.25) is 0 Å². The maximum atomic E-state index is 13.5. The number of sulfonamides is 1. The number of nitrogens with zero attached hydrogens (tertiary/aromatic N) is 4. The van der Waals surface area contributed by atoms with Crippen LogP contribution in [0.3, 0.4) is 0 Å². The Morgan fingerprint density at radius 1 is 1.16 bits per heavy atom. The molecule has 164 valence electrons. The van der Waals surface area contributed by atoms with E-state index in [2.05, 4.69) is 15.4 Å². The Hall–Kier alpha value is -2.78. The molecule has 0 bridgehead atoms. The molecule has 9 heteroatoms. The van der Waals surface area contributed by atoms with Crippen molar-refractivity contribution in [1.82, 2.24) is 19.1 Å². The number of rotatable bonds is 5. The highest BCUT2D eigenvalue weighted by Gasteiger charge is 2.33. The Morgan fingerprint density at radius 3 is 2.68 bits per heavy atom. The molecule has 1 aliphatic rings. The van der Waals surface area contributed by atoms with Gasteiger partial charge in [-0.25, -0.2) is 12.8 Å². The van der Waals surface area contributed by atoms with Gasteiger partial charge in [0.25, 0.3) is 0 Å². The number of hydrogen-bond donors (Lipinski definition) is 1. The topological polar surface area (TPSA) is 80.1 Å². The van der Waals surface area contributed by atoms with E-state index in [0.717, 1.165) is 29.9 Å². The summed E-state index contributed by atoms with van der Waals surface area (Å²) in [6.45, 7) is 4.50. The first-order valence-corrected chi connectivity index (χ1v) is 11.7. The lowest BCUT2D eigenvalue weighted by Crippen LogP contribution is -2.39. The minimum absolute atomic E-state index is 0.0199. The Morgan fingerprint density at radius 2 is 1.97 bits per heavy atom. The van der Waals surface area contributed by atoms with Crippen LogP contribution in [0.25, 0.3) is 0 Å². The number of piperidine rings is 1. The average Bonchev–Trinajstić information content (AvgIpc) is 3.07. The van der Waals surface area contributed by atoms with Crippen LogP contribution in [0.15, 0.2) is 47.5 Å². The van der Waals surface area contributed by atoms with Gasteiger partial charge in [-0.3, -0.25) is 9.67 Å². The normalized spacial score (nSPS) is 17.6. The van der Waals surface area contributed by atoms with Crippen molar-refractivity contribution >= 4 is 21.4 Å². The zero-order chi connectivity index (χ0) is 22.2. The van der Waals surface area contributed by atoms with Crippen molar-refractivity contribution in [3.05, 3.63) is 65.5 Å². The van der Waals surface area contributed by atoms with Crippen molar-refractivity contribution in [2.24, 2.45) is 7.05 Å². The van der Waals surface area contributed by atoms with Crippen molar-refractivity contribution in [2.75, 3.05) is 18.4 Å². The highest BCUT2D eigenvalue weighted by molar-refractivity contribution is 7.89. The lowest BCUT2D eigenvalue weighted by atomic mass is 9.95. The number of aromatic nitrogens is 3. The summed E-state index contributed by atoms with van der Waals surface area (Å²) in [7, 11) is -1.89. The van der Waals surface area contributed by atoms with Crippen LogP contribution in [0.4, 0.5) is 15.8 Å². The van der Waals surface area contributed by atoms with Crippen LogP contribution in [0.1, 0.15) is 35.8 Å². The van der Waals surface area contributed by atoms with Gasteiger partial charge >= 0.3 is 0 Å². The Kier molecular flexibility index (Phi) is 5.81. The lowest BCUT2D eigenvalue weighted by Gasteiger charge is -2.31. The minimum atomic E-state index is -3.62. The van der Waals surface area contributed by atoms with E-state index in [-0.39, 0.29) is 16.6 Å². The molecule has 0 spiro atoms. The molecule has 1 aromatic carbocycles. The monoisotopic (exact) mass is 443 g/mol. The van der Waals surface area contributed by atoms with E-state index in [1.54, 1.807) is 30.8 Å². The standard InChI is InChI=1S/C22H26FN5O2S/c1-15-10-20(26-19-8-4-7-18(23)11-19)12-21(25-15)17-6-5-9-28(14-17)31(29,30)22-13-24-27(3)16(22)2/h4,7-8,10-13,17H,5-6,9,14H2,1-3H3,(H,25,26)/t17-/m1/s1. The van der Waals surface area contributed by atoms with Crippen molar-refractivity contribution in [3.8, 4) is 0 Å². The van der Waals surface area contributed by atoms with Crippen LogP contribution < -0.4 is 5.32 Å². The molecular formula is C22H26FN5O2S. The van der Waals surface area contributed by atoms with Gasteiger partial charge in [0.1, 0.15) is 10.7 Å². The molecule has 3 aromatic rings. The summed E-state index contributed by atoms with van der Waals surface area (Å²) in [5.74, 6) is -0.330. The Balaban J connectivity index is 1.58. The SMILES string of the molecule is Cc1cc(Nc2cccc(F)c2)cc([C@@H]2CCCN(S(=O)(=O)c3cnn(C)c3C)C2)n1. The molecule has 1 aliphatic heterocycles. The van der Waals surface area contributed by atoms with Crippen LogP contribution in [0.5, 0.6) is 0 Å². The van der Waals surface area contributed by atoms with E-state index < -0.39 is 10.0 Å². The quantitative estimate of drug-likeness (QED) is 0.647. The predicted molar refractivity (Wildman–Crippen MR) is 117 cm³/mol. The van der Waals surface area contributed by atoms with Crippen LogP contribution in [-0.4, -0.2) is 40.6 Å². The van der Waals surface area contributed by atoms with Gasteiger partial charge in [-0.15, -0.1) is 0 Å². The van der Waals surface area contributed by atoms with Gasteiger partial charge < -0.3 is 5.32 Å². The smallest absolute Gasteiger partial charge is 0.246 e. The number of aryl methyl sites for hydroxylation is 2. The average molecular weight is 444 g/mol.